The van der Waals surface area contributed by atoms with E-state index in [9.17, 15) is 13.2 Å². The van der Waals surface area contributed by atoms with Gasteiger partial charge in [0.1, 0.15) is 10.6 Å². The lowest BCUT2D eigenvalue weighted by Crippen LogP contribution is -2.28. The number of sulfonamides is 1. The summed E-state index contributed by atoms with van der Waals surface area (Å²) in [5.74, 6) is 0.110. The Morgan fingerprint density at radius 3 is 2.44 bits per heavy atom. The van der Waals surface area contributed by atoms with E-state index < -0.39 is 15.9 Å². The molecule has 1 N–H and O–H groups in total. The van der Waals surface area contributed by atoms with Gasteiger partial charge in [0, 0.05) is 18.8 Å². The Hall–Kier alpha value is -2.61. The smallest absolute Gasteiger partial charge is 0.244 e. The number of nitrogens with one attached hydrogen (secondary N) is 1. The van der Waals surface area contributed by atoms with Crippen molar-refractivity contribution in [2.75, 3.05) is 25.5 Å². The van der Waals surface area contributed by atoms with Crippen LogP contribution in [0, 0.1) is 0 Å². The molecule has 1 saturated heterocycles. The first-order chi connectivity index (χ1) is 15.3. The highest BCUT2D eigenvalue weighted by Crippen LogP contribution is 2.31. The van der Waals surface area contributed by atoms with E-state index in [1.54, 1.807) is 13.2 Å². The average molecular weight is 473 g/mol. The van der Waals surface area contributed by atoms with Gasteiger partial charge in [-0.05, 0) is 66.4 Å². The van der Waals surface area contributed by atoms with Crippen LogP contribution in [0.5, 0.6) is 5.75 Å². The third-order valence-corrected chi connectivity index (χ3v) is 8.23. The summed E-state index contributed by atoms with van der Waals surface area (Å²) in [7, 11) is -2.06. The predicted octanol–water partition coefficient (Wildman–Crippen LogP) is 5.03. The summed E-state index contributed by atoms with van der Waals surface area (Å²) < 4.78 is 32.6. The predicted molar refractivity (Wildman–Crippen MR) is 127 cm³/mol. The molecule has 0 aliphatic carbocycles. The fourth-order valence-electron chi connectivity index (χ4n) is 3.89. The number of hydrogen-bond donors (Lipinski definition) is 1. The number of halogens is 1. The van der Waals surface area contributed by atoms with Gasteiger partial charge < -0.3 is 10.1 Å². The maximum Gasteiger partial charge on any atom is 0.244 e. The summed E-state index contributed by atoms with van der Waals surface area (Å²) in [5, 5.41) is 5.01. The number of carbonyl (C=O) groups is 1. The molecule has 1 atom stereocenters. The molecule has 1 amide bonds. The van der Waals surface area contributed by atoms with Gasteiger partial charge in [0.15, 0.2) is 0 Å². The summed E-state index contributed by atoms with van der Waals surface area (Å²) in [5.41, 5.74) is 1.26. The first-order valence-electron chi connectivity index (χ1n) is 10.5. The minimum absolute atomic E-state index is 0.0196. The zero-order valence-electron chi connectivity index (χ0n) is 18.0. The highest BCUT2D eigenvalue weighted by molar-refractivity contribution is 7.89. The van der Waals surface area contributed by atoms with Crippen molar-refractivity contribution in [1.29, 1.82) is 0 Å². The molecule has 0 unspecified atom stereocenters. The molecule has 0 radical (unpaired) electrons. The maximum absolute atomic E-state index is 12.9. The van der Waals surface area contributed by atoms with Crippen molar-refractivity contribution in [1.82, 2.24) is 4.31 Å². The van der Waals surface area contributed by atoms with Crippen molar-refractivity contribution in [3.8, 4) is 5.75 Å². The van der Waals surface area contributed by atoms with E-state index in [0.29, 0.717) is 18.8 Å². The summed E-state index contributed by atoms with van der Waals surface area (Å²) in [6, 6.07) is 16.2. The van der Waals surface area contributed by atoms with Crippen molar-refractivity contribution in [3.63, 3.8) is 0 Å². The monoisotopic (exact) mass is 472 g/mol. The molecule has 8 heteroatoms. The average Bonchev–Trinajstić information content (AvgIpc) is 3.35. The van der Waals surface area contributed by atoms with E-state index in [1.807, 2.05) is 43.3 Å². The molecule has 6 nitrogen and oxygen atoms in total. The van der Waals surface area contributed by atoms with Crippen molar-refractivity contribution in [2.45, 2.75) is 30.6 Å². The van der Waals surface area contributed by atoms with Gasteiger partial charge in [-0.25, -0.2) is 8.42 Å². The fourth-order valence-corrected chi connectivity index (χ4v) is 5.90. The highest BCUT2D eigenvalue weighted by atomic mass is 35.5. The molecule has 3 aromatic rings. The van der Waals surface area contributed by atoms with Crippen LogP contribution < -0.4 is 10.1 Å². The number of anilines is 1. The highest BCUT2D eigenvalue weighted by Gasteiger charge is 2.29. The molecule has 0 aromatic heterocycles. The molecule has 1 heterocycles. The van der Waals surface area contributed by atoms with Gasteiger partial charge in [0.25, 0.3) is 0 Å². The number of fused-ring (bicyclic) bond motifs is 1. The number of amides is 1. The van der Waals surface area contributed by atoms with E-state index in [-0.39, 0.29) is 15.8 Å². The quantitative estimate of drug-likeness (QED) is 0.546. The summed E-state index contributed by atoms with van der Waals surface area (Å²) in [6.07, 6.45) is 1.67. The number of nitrogens with zero attached hydrogens (tertiary/aromatic N) is 1. The Bertz CT molecular complexity index is 1270. The zero-order chi connectivity index (χ0) is 22.9. The first kappa shape index (κ1) is 22.6. The van der Waals surface area contributed by atoms with Crippen LogP contribution in [-0.2, 0) is 14.8 Å². The van der Waals surface area contributed by atoms with Crippen LogP contribution in [0.25, 0.3) is 10.8 Å². The van der Waals surface area contributed by atoms with Crippen LogP contribution in [-0.4, -0.2) is 38.8 Å². The van der Waals surface area contributed by atoms with Crippen LogP contribution in [0.3, 0.4) is 0 Å². The van der Waals surface area contributed by atoms with Gasteiger partial charge in [0.2, 0.25) is 15.9 Å². The topological polar surface area (TPSA) is 75.7 Å². The Balaban J connectivity index is 1.55. The van der Waals surface area contributed by atoms with Gasteiger partial charge in [-0.3, -0.25) is 4.79 Å². The summed E-state index contributed by atoms with van der Waals surface area (Å²) in [4.78, 5) is 12.9. The van der Waals surface area contributed by atoms with E-state index in [0.717, 1.165) is 34.9 Å². The minimum Gasteiger partial charge on any atom is -0.497 e. The minimum atomic E-state index is -3.69. The molecular weight excluding hydrogens is 448 g/mol. The molecule has 3 aromatic carbocycles. The van der Waals surface area contributed by atoms with E-state index in [2.05, 4.69) is 5.32 Å². The van der Waals surface area contributed by atoms with Gasteiger partial charge in [-0.1, -0.05) is 35.9 Å². The molecule has 1 aliphatic heterocycles. The number of rotatable bonds is 6. The molecule has 0 bridgehead atoms. The van der Waals surface area contributed by atoms with Crippen LogP contribution >= 0.6 is 11.6 Å². The third-order valence-electron chi connectivity index (χ3n) is 5.85. The zero-order valence-corrected chi connectivity index (χ0v) is 19.5. The number of hydrogen-bond acceptors (Lipinski definition) is 4. The largest absolute Gasteiger partial charge is 0.497 e. The molecule has 0 saturated carbocycles. The Morgan fingerprint density at radius 1 is 1.03 bits per heavy atom. The Kier molecular flexibility index (Phi) is 6.42. The number of carbonyl (C=O) groups excluding carboxylic acids is 1. The van der Waals surface area contributed by atoms with Gasteiger partial charge in [-0.15, -0.1) is 0 Å². The van der Waals surface area contributed by atoms with Crippen molar-refractivity contribution in [3.05, 3.63) is 65.2 Å². The Morgan fingerprint density at radius 2 is 1.72 bits per heavy atom. The molecule has 1 aliphatic rings. The lowest BCUT2D eigenvalue weighted by atomic mass is 9.97. The second kappa shape index (κ2) is 9.10. The second-order valence-electron chi connectivity index (χ2n) is 7.94. The Labute approximate surface area is 193 Å². The molecule has 1 fully saturated rings. The second-order valence-corrected chi connectivity index (χ2v) is 10.3. The first-order valence-corrected chi connectivity index (χ1v) is 12.3. The number of benzene rings is 3. The van der Waals surface area contributed by atoms with Crippen LogP contribution in [0.1, 0.15) is 31.2 Å². The van der Waals surface area contributed by atoms with Gasteiger partial charge in [-0.2, -0.15) is 4.31 Å². The molecule has 4 rings (SSSR count). The van der Waals surface area contributed by atoms with E-state index in [1.165, 1.54) is 16.4 Å². The van der Waals surface area contributed by atoms with E-state index in [4.69, 9.17) is 16.3 Å². The van der Waals surface area contributed by atoms with Gasteiger partial charge >= 0.3 is 0 Å². The molecular formula is C24H25ClN2O4S. The van der Waals surface area contributed by atoms with Gasteiger partial charge in [0.05, 0.1) is 18.1 Å². The normalized spacial score (nSPS) is 15.6. The van der Waals surface area contributed by atoms with Crippen LogP contribution in [0.15, 0.2) is 59.5 Å². The van der Waals surface area contributed by atoms with Crippen molar-refractivity contribution in [2.24, 2.45) is 0 Å². The maximum atomic E-state index is 12.9. The van der Waals surface area contributed by atoms with Crippen molar-refractivity contribution >= 4 is 44.0 Å². The lowest BCUT2D eigenvalue weighted by molar-refractivity contribution is -0.117. The van der Waals surface area contributed by atoms with Crippen LogP contribution in [0.4, 0.5) is 5.69 Å². The molecule has 32 heavy (non-hydrogen) atoms. The summed E-state index contributed by atoms with van der Waals surface area (Å²) >= 11 is 6.20. The van der Waals surface area contributed by atoms with Crippen molar-refractivity contribution < 1.29 is 17.9 Å². The third kappa shape index (κ3) is 4.46. The number of ether oxygens (including phenoxy) is 1. The lowest BCUT2D eigenvalue weighted by Gasteiger charge is -2.18. The fraction of sp³-hybridized carbons (Fsp3) is 0.292. The number of methoxy groups -OCH3 is 1. The summed E-state index contributed by atoms with van der Waals surface area (Å²) in [6.45, 7) is 2.79. The van der Waals surface area contributed by atoms with Crippen LogP contribution in [0.2, 0.25) is 5.02 Å². The standard InChI is InChI=1S/C24H25ClN2O4S/c1-16(17-5-6-19-14-21(31-2)9-7-18(19)13-17)24(28)26-20-8-10-22(25)23(15-20)32(29,30)27-11-3-4-12-27/h5-10,13-16H,3-4,11-12H2,1-2H3,(H,26,28)/t16-/m0/s1. The van der Waals surface area contributed by atoms with E-state index >= 15 is 0 Å². The molecule has 0 spiro atoms. The molecule has 168 valence electrons. The SMILES string of the molecule is COc1ccc2cc([C@H](C)C(=O)Nc3ccc(Cl)c(S(=O)(=O)N4CCCC4)c3)ccc2c1.